The predicted molar refractivity (Wildman–Crippen MR) is 176 cm³/mol. The first-order valence-electron chi connectivity index (χ1n) is 16.1. The van der Waals surface area contributed by atoms with Crippen molar-refractivity contribution in [1.82, 2.24) is 15.6 Å². The van der Waals surface area contributed by atoms with E-state index in [1.54, 1.807) is 12.1 Å². The van der Waals surface area contributed by atoms with Crippen molar-refractivity contribution in [3.8, 4) is 22.6 Å². The van der Waals surface area contributed by atoms with E-state index in [0.717, 1.165) is 41.7 Å². The Hall–Kier alpha value is -4.84. The fourth-order valence-electron chi connectivity index (χ4n) is 5.91. The van der Waals surface area contributed by atoms with Gasteiger partial charge in [0, 0.05) is 19.0 Å². The third-order valence-electron chi connectivity index (χ3n) is 8.09. The first kappa shape index (κ1) is 32.1. The van der Waals surface area contributed by atoms with Crippen LogP contribution in [0.5, 0.6) is 11.5 Å². The molecule has 1 saturated heterocycles. The summed E-state index contributed by atoms with van der Waals surface area (Å²) in [6.45, 7) is 7.20. The highest BCUT2D eigenvalue weighted by Crippen LogP contribution is 2.31. The van der Waals surface area contributed by atoms with Crippen molar-refractivity contribution in [2.45, 2.75) is 76.9 Å². The van der Waals surface area contributed by atoms with Crippen LogP contribution < -0.4 is 30.3 Å². The second-order valence-electron chi connectivity index (χ2n) is 13.1. The quantitative estimate of drug-likeness (QED) is 0.248. The Kier molecular flexibility index (Phi) is 9.48. The van der Waals surface area contributed by atoms with Crippen molar-refractivity contribution in [2.75, 3.05) is 29.9 Å². The number of nitrogens with zero attached hydrogens (tertiary/aromatic N) is 2. The fraction of sp³-hybridized carbons (Fsp3) is 0.429. The van der Waals surface area contributed by atoms with E-state index in [-0.39, 0.29) is 36.9 Å². The molecule has 3 aliphatic rings. The van der Waals surface area contributed by atoms with Crippen LogP contribution in [0.2, 0.25) is 0 Å². The number of carbonyl (C=O) groups excluding carboxylic acids is 3. The minimum Gasteiger partial charge on any atom is -0.490 e. The highest BCUT2D eigenvalue weighted by Gasteiger charge is 2.34. The predicted octanol–water partition coefficient (Wildman–Crippen LogP) is 5.41. The number of cyclic esters (lactones) is 1. The molecule has 3 atom stereocenters. The van der Waals surface area contributed by atoms with Gasteiger partial charge in [0.25, 0.3) is 5.91 Å². The summed E-state index contributed by atoms with van der Waals surface area (Å²) in [5.74, 6) is 1.70. The Morgan fingerprint density at radius 1 is 1.06 bits per heavy atom. The molecule has 12 nitrogen and oxygen atoms in total. The lowest BCUT2D eigenvalue weighted by atomic mass is 10.0. The molecule has 248 valence electrons. The van der Waals surface area contributed by atoms with Gasteiger partial charge in [-0.25, -0.2) is 14.6 Å². The number of hydrogen-bond acceptors (Lipinski definition) is 9. The second-order valence-corrected chi connectivity index (χ2v) is 13.1. The third-order valence-corrected chi connectivity index (χ3v) is 8.09. The number of carbonyl (C=O) groups is 3. The summed E-state index contributed by atoms with van der Waals surface area (Å²) in [6, 6.07) is 19.9. The summed E-state index contributed by atoms with van der Waals surface area (Å²) in [6.07, 6.45) is 1.99. The summed E-state index contributed by atoms with van der Waals surface area (Å²) < 4.78 is 22.6. The van der Waals surface area contributed by atoms with Crippen LogP contribution in [0.15, 0.2) is 60.7 Å². The maximum atomic E-state index is 12.6. The molecule has 12 heteroatoms. The SMILES string of the molecule is CC(C)(C)OC(=O)N[C@@H]1CC[C@@H](Oc2cccc(-c3cccc(CNCC[C@H]4CN(c5ccc6c(n5)NC(=O)CO6)C(=O)O4)c3)c2)C1. The number of nitrogens with one attached hydrogen (secondary N) is 3. The zero-order valence-electron chi connectivity index (χ0n) is 26.9. The molecule has 3 aromatic rings. The van der Waals surface area contributed by atoms with Crippen LogP contribution in [0, 0.1) is 0 Å². The van der Waals surface area contributed by atoms with Crippen LogP contribution in [-0.2, 0) is 20.8 Å². The number of amides is 3. The zero-order valence-corrected chi connectivity index (χ0v) is 26.9. The molecule has 3 heterocycles. The number of rotatable bonds is 10. The van der Waals surface area contributed by atoms with E-state index >= 15 is 0 Å². The molecule has 2 aliphatic heterocycles. The van der Waals surface area contributed by atoms with Crippen LogP contribution in [0.25, 0.3) is 11.1 Å². The van der Waals surface area contributed by atoms with E-state index in [1.807, 2.05) is 39.0 Å². The molecule has 47 heavy (non-hydrogen) atoms. The Bertz CT molecular complexity index is 1620. The molecular formula is C35H41N5O7. The minimum atomic E-state index is -0.525. The third kappa shape index (κ3) is 8.50. The zero-order chi connectivity index (χ0) is 33.0. The van der Waals surface area contributed by atoms with E-state index in [4.69, 9.17) is 18.9 Å². The summed E-state index contributed by atoms with van der Waals surface area (Å²) in [5.41, 5.74) is 2.76. The van der Waals surface area contributed by atoms with Crippen molar-refractivity contribution in [3.63, 3.8) is 0 Å². The number of alkyl carbamates (subject to hydrolysis) is 1. The molecule has 0 spiro atoms. The summed E-state index contributed by atoms with van der Waals surface area (Å²) in [5, 5.41) is 9.09. The molecule has 1 saturated carbocycles. The number of aromatic nitrogens is 1. The first-order valence-corrected chi connectivity index (χ1v) is 16.1. The lowest BCUT2D eigenvalue weighted by molar-refractivity contribution is -0.118. The molecule has 3 amide bonds. The average molecular weight is 644 g/mol. The highest BCUT2D eigenvalue weighted by atomic mass is 16.6. The molecule has 6 rings (SSSR count). The number of ether oxygens (including phenoxy) is 4. The molecule has 0 bridgehead atoms. The summed E-state index contributed by atoms with van der Waals surface area (Å²) >= 11 is 0. The number of fused-ring (bicyclic) bond motifs is 1. The van der Waals surface area contributed by atoms with Gasteiger partial charge in [0.15, 0.2) is 18.2 Å². The van der Waals surface area contributed by atoms with Crippen LogP contribution in [-0.4, -0.2) is 66.6 Å². The van der Waals surface area contributed by atoms with Crippen LogP contribution in [0.1, 0.15) is 52.0 Å². The van der Waals surface area contributed by atoms with Gasteiger partial charge in [0.05, 0.1) is 6.54 Å². The van der Waals surface area contributed by atoms with Crippen molar-refractivity contribution < 1.29 is 33.3 Å². The monoisotopic (exact) mass is 643 g/mol. The van der Waals surface area contributed by atoms with Gasteiger partial charge in [-0.2, -0.15) is 0 Å². The standard InChI is InChI=1S/C35H41N5O7/c1-35(2,3)47-33(42)37-25-10-11-27(18-25)45-26-9-5-8-24(17-26)23-7-4-6-22(16-23)19-36-15-14-28-20-40(34(43)46-28)30-13-12-29-32(38-30)39-31(41)21-44-29/h4-9,12-13,16-17,25,27-28,36H,10-11,14-15,18-21H2,1-3H3,(H,37,42)(H,38,39,41)/t25-,27-,28+/m1/s1. The summed E-state index contributed by atoms with van der Waals surface area (Å²) in [4.78, 5) is 42.2. The van der Waals surface area contributed by atoms with Crippen LogP contribution in [0.3, 0.4) is 0 Å². The van der Waals surface area contributed by atoms with Gasteiger partial charge in [-0.15, -0.1) is 0 Å². The Balaban J connectivity index is 0.963. The van der Waals surface area contributed by atoms with E-state index < -0.39 is 11.7 Å². The van der Waals surface area contributed by atoms with Crippen molar-refractivity contribution in [2.24, 2.45) is 0 Å². The van der Waals surface area contributed by atoms with Gasteiger partial charge in [0.1, 0.15) is 29.4 Å². The first-order chi connectivity index (χ1) is 22.6. The molecule has 2 fully saturated rings. The molecule has 3 N–H and O–H groups in total. The number of anilines is 2. The van der Waals surface area contributed by atoms with Gasteiger partial charge in [0.2, 0.25) is 0 Å². The fourth-order valence-corrected chi connectivity index (χ4v) is 5.91. The number of benzene rings is 2. The maximum absolute atomic E-state index is 12.6. The van der Waals surface area contributed by atoms with E-state index in [2.05, 4.69) is 51.3 Å². The Labute approximate surface area is 274 Å². The number of pyridine rings is 1. The smallest absolute Gasteiger partial charge is 0.415 e. The summed E-state index contributed by atoms with van der Waals surface area (Å²) in [7, 11) is 0. The highest BCUT2D eigenvalue weighted by molar-refractivity contribution is 5.95. The van der Waals surface area contributed by atoms with Gasteiger partial charge in [-0.1, -0.05) is 30.3 Å². The number of hydrogen-bond donors (Lipinski definition) is 3. The lowest BCUT2D eigenvalue weighted by Gasteiger charge is -2.21. The lowest BCUT2D eigenvalue weighted by Crippen LogP contribution is -2.38. The molecule has 0 unspecified atom stereocenters. The van der Waals surface area contributed by atoms with E-state index in [9.17, 15) is 14.4 Å². The average Bonchev–Trinajstić information content (AvgIpc) is 3.63. The minimum absolute atomic E-state index is 0.0264. The molecule has 1 aromatic heterocycles. The largest absolute Gasteiger partial charge is 0.490 e. The maximum Gasteiger partial charge on any atom is 0.415 e. The van der Waals surface area contributed by atoms with E-state index in [1.165, 1.54) is 4.90 Å². The Morgan fingerprint density at radius 2 is 1.87 bits per heavy atom. The topological polar surface area (TPSA) is 140 Å². The van der Waals surface area contributed by atoms with Crippen molar-refractivity contribution in [3.05, 3.63) is 66.2 Å². The normalized spacial score (nSPS) is 20.6. The molecule has 0 radical (unpaired) electrons. The molecule has 2 aromatic carbocycles. The van der Waals surface area contributed by atoms with Gasteiger partial charge in [-0.3, -0.25) is 9.69 Å². The van der Waals surface area contributed by atoms with Gasteiger partial charge >= 0.3 is 12.2 Å². The van der Waals surface area contributed by atoms with Gasteiger partial charge < -0.3 is 34.9 Å². The molecular weight excluding hydrogens is 602 g/mol. The molecule has 1 aliphatic carbocycles. The Morgan fingerprint density at radius 3 is 2.70 bits per heavy atom. The van der Waals surface area contributed by atoms with E-state index in [0.29, 0.717) is 43.4 Å². The second kappa shape index (κ2) is 13.9. The van der Waals surface area contributed by atoms with Crippen molar-refractivity contribution in [1.29, 1.82) is 0 Å². The van der Waals surface area contributed by atoms with Crippen LogP contribution >= 0.6 is 0 Å². The van der Waals surface area contributed by atoms with Crippen molar-refractivity contribution >= 4 is 29.7 Å². The van der Waals surface area contributed by atoms with Gasteiger partial charge in [-0.05, 0) is 93.6 Å². The van der Waals surface area contributed by atoms with Crippen LogP contribution in [0.4, 0.5) is 21.2 Å².